The molecule has 1 aliphatic heterocycles. The summed E-state index contributed by atoms with van der Waals surface area (Å²) in [7, 11) is -4.24. The second kappa shape index (κ2) is 11.0. The fourth-order valence-electron chi connectivity index (χ4n) is 3.97. The Morgan fingerprint density at radius 3 is 2.76 bits per heavy atom. The normalized spacial score (nSPS) is 14.3. The van der Waals surface area contributed by atoms with Crippen LogP contribution in [-0.4, -0.2) is 78.9 Å². The van der Waals surface area contributed by atoms with Crippen LogP contribution in [0.2, 0.25) is 0 Å². The second-order valence-electron chi connectivity index (χ2n) is 8.49. The predicted molar refractivity (Wildman–Crippen MR) is 133 cm³/mol. The molecule has 14 nitrogen and oxygen atoms in total. The van der Waals surface area contributed by atoms with Crippen molar-refractivity contribution in [3.63, 3.8) is 0 Å². The Morgan fingerprint density at radius 1 is 1.27 bits per heavy atom. The van der Waals surface area contributed by atoms with E-state index < -0.39 is 34.5 Å². The molecule has 1 amide bonds. The zero-order chi connectivity index (χ0) is 26.6. The third kappa shape index (κ3) is 6.06. The van der Waals surface area contributed by atoms with Gasteiger partial charge in [-0.2, -0.15) is 9.82 Å². The van der Waals surface area contributed by atoms with Crippen molar-refractivity contribution in [1.82, 2.24) is 36.0 Å². The van der Waals surface area contributed by atoms with Gasteiger partial charge in [0.1, 0.15) is 16.6 Å². The predicted octanol–water partition coefficient (Wildman–Crippen LogP) is -0.189. The summed E-state index contributed by atoms with van der Waals surface area (Å²) >= 11 is 0. The summed E-state index contributed by atoms with van der Waals surface area (Å²) in [4.78, 5) is 28.4. The minimum absolute atomic E-state index is 0.0295. The lowest BCUT2D eigenvalue weighted by molar-refractivity contribution is -0.138. The molecule has 6 N–H and O–H groups in total. The Bertz CT molecular complexity index is 1420. The molecule has 0 saturated carbocycles. The van der Waals surface area contributed by atoms with Gasteiger partial charge in [-0.25, -0.2) is 8.42 Å². The third-order valence-corrected chi connectivity index (χ3v) is 7.47. The van der Waals surface area contributed by atoms with Gasteiger partial charge in [-0.15, -0.1) is 0 Å². The topological polar surface area (TPSA) is 204 Å². The van der Waals surface area contributed by atoms with Crippen LogP contribution in [0.15, 0.2) is 32.6 Å². The minimum Gasteiger partial charge on any atom is -0.480 e. The highest BCUT2D eigenvalue weighted by molar-refractivity contribution is 7.89. The molecule has 3 aromatic rings. The van der Waals surface area contributed by atoms with Crippen molar-refractivity contribution in [3.05, 3.63) is 40.9 Å². The second-order valence-corrected chi connectivity index (χ2v) is 10.1. The lowest BCUT2D eigenvalue weighted by Gasteiger charge is -2.15. The number of aromatic nitrogens is 3. The molecule has 1 aromatic carbocycles. The smallest absolute Gasteiger partial charge is 0.323 e. The number of carbonyl (C=O) groups excluding carboxylic acids is 1. The lowest BCUT2D eigenvalue weighted by atomic mass is 10.1. The fraction of sp³-hybridized carbons (Fsp3) is 0.409. The summed E-state index contributed by atoms with van der Waals surface area (Å²) in [5.74, 6) is -1.17. The van der Waals surface area contributed by atoms with Crippen LogP contribution in [0.1, 0.15) is 33.9 Å². The molecule has 0 saturated heterocycles. The molecule has 198 valence electrons. The number of carbonyl (C=O) groups is 2. The first-order chi connectivity index (χ1) is 17.7. The van der Waals surface area contributed by atoms with E-state index in [9.17, 15) is 23.1 Å². The summed E-state index contributed by atoms with van der Waals surface area (Å²) in [6.07, 6.45) is 1.56. The number of rotatable bonds is 11. The zero-order valence-corrected chi connectivity index (χ0v) is 21.1. The van der Waals surface area contributed by atoms with Crippen molar-refractivity contribution in [2.45, 2.75) is 37.6 Å². The summed E-state index contributed by atoms with van der Waals surface area (Å²) in [5.41, 5.74) is 1.89. The maximum absolute atomic E-state index is 12.7. The van der Waals surface area contributed by atoms with Crippen LogP contribution in [-0.2, 0) is 21.2 Å². The molecule has 0 bridgehead atoms. The van der Waals surface area contributed by atoms with E-state index in [0.717, 1.165) is 49.5 Å². The summed E-state index contributed by atoms with van der Waals surface area (Å²) in [6.45, 7) is 4.72. The largest absolute Gasteiger partial charge is 0.480 e. The average Bonchev–Trinajstić information content (AvgIpc) is 3.59. The van der Waals surface area contributed by atoms with Gasteiger partial charge in [-0.1, -0.05) is 11.2 Å². The molecule has 0 radical (unpaired) electrons. The quantitative estimate of drug-likeness (QED) is 0.180. The van der Waals surface area contributed by atoms with Gasteiger partial charge in [-0.05, 0) is 38.8 Å². The van der Waals surface area contributed by atoms with Crippen LogP contribution >= 0.6 is 0 Å². The Balaban J connectivity index is 1.35. The van der Waals surface area contributed by atoms with E-state index in [1.165, 1.54) is 13.8 Å². The number of nitrogens with one attached hydrogen (secondary N) is 5. The number of aromatic amines is 1. The highest BCUT2D eigenvalue weighted by Gasteiger charge is 2.30. The first kappa shape index (κ1) is 26.1. The van der Waals surface area contributed by atoms with Crippen molar-refractivity contribution in [1.29, 1.82) is 0 Å². The van der Waals surface area contributed by atoms with Gasteiger partial charge in [0.15, 0.2) is 11.7 Å². The molecule has 0 aliphatic carbocycles. The molecule has 3 heterocycles. The van der Waals surface area contributed by atoms with Gasteiger partial charge in [0.05, 0.1) is 17.8 Å². The third-order valence-electron chi connectivity index (χ3n) is 5.76. The van der Waals surface area contributed by atoms with Crippen molar-refractivity contribution in [3.8, 4) is 0 Å². The molecule has 2 aromatic heterocycles. The van der Waals surface area contributed by atoms with Crippen LogP contribution in [0, 0.1) is 13.8 Å². The van der Waals surface area contributed by atoms with Crippen molar-refractivity contribution in [2.24, 2.45) is 4.99 Å². The number of sulfonamides is 1. The number of aliphatic imine (C=N–C) groups is 1. The highest BCUT2D eigenvalue weighted by Crippen LogP contribution is 2.20. The SMILES string of the molecule is Cc1noc(C)c1S(=O)(=O)NC(CNC(=O)c1ccc2c(CCCNC3=NCCN3)n[nH]c2c1)C(=O)O. The summed E-state index contributed by atoms with van der Waals surface area (Å²) in [5, 5.41) is 30.1. The molecule has 0 fully saturated rings. The highest BCUT2D eigenvalue weighted by atomic mass is 32.2. The number of benzene rings is 1. The van der Waals surface area contributed by atoms with E-state index in [1.54, 1.807) is 18.2 Å². The van der Waals surface area contributed by atoms with Gasteiger partial charge in [0.2, 0.25) is 10.0 Å². The molecule has 4 rings (SSSR count). The monoisotopic (exact) mass is 532 g/mol. The Kier molecular flexibility index (Phi) is 7.73. The number of aliphatic carboxylic acids is 1. The molecule has 1 aliphatic rings. The molecular formula is C22H28N8O6S. The maximum atomic E-state index is 12.7. The fourth-order valence-corrected chi connectivity index (χ4v) is 5.49. The van der Waals surface area contributed by atoms with Gasteiger partial charge in [0, 0.05) is 30.6 Å². The lowest BCUT2D eigenvalue weighted by Crippen LogP contribution is -2.48. The first-order valence-corrected chi connectivity index (χ1v) is 13.1. The average molecular weight is 533 g/mol. The number of fused-ring (bicyclic) bond motifs is 1. The molecule has 0 spiro atoms. The molecule has 1 unspecified atom stereocenters. The molecular weight excluding hydrogens is 504 g/mol. The van der Waals surface area contributed by atoms with E-state index in [2.05, 4.69) is 41.0 Å². The van der Waals surface area contributed by atoms with Gasteiger partial charge >= 0.3 is 5.97 Å². The molecule has 1 atom stereocenters. The van der Waals surface area contributed by atoms with Crippen molar-refractivity contribution < 1.29 is 27.6 Å². The van der Waals surface area contributed by atoms with Crippen molar-refractivity contribution >= 4 is 38.8 Å². The van der Waals surface area contributed by atoms with Gasteiger partial charge in [0.25, 0.3) is 5.91 Å². The zero-order valence-electron chi connectivity index (χ0n) is 20.3. The Morgan fingerprint density at radius 2 is 2.08 bits per heavy atom. The molecule has 15 heteroatoms. The van der Waals surface area contributed by atoms with E-state index in [1.807, 2.05) is 0 Å². The van der Waals surface area contributed by atoms with Crippen molar-refractivity contribution in [2.75, 3.05) is 26.2 Å². The van der Waals surface area contributed by atoms with Crippen LogP contribution in [0.3, 0.4) is 0 Å². The number of carboxylic acid groups (broad SMARTS) is 1. The maximum Gasteiger partial charge on any atom is 0.323 e. The number of nitrogens with zero attached hydrogens (tertiary/aromatic N) is 3. The standard InChI is InChI=1S/C22H28N8O6S/c1-12-19(13(2)36-29-12)37(34,35)30-18(21(32)33)11-26-20(31)14-5-6-15-16(27-28-17(15)10-14)4-3-7-23-22-24-8-9-25-22/h5-6,10,18,30H,3-4,7-9,11H2,1-2H3,(H,26,31)(H,27,28)(H,32,33)(H2,23,24,25). The number of aryl methyl sites for hydroxylation is 3. The number of carboxylic acids is 1. The molecule has 37 heavy (non-hydrogen) atoms. The van der Waals surface area contributed by atoms with E-state index in [0.29, 0.717) is 5.52 Å². The van der Waals surface area contributed by atoms with Gasteiger partial charge in [-0.3, -0.25) is 19.7 Å². The van der Waals surface area contributed by atoms with Crippen LogP contribution in [0.25, 0.3) is 10.9 Å². The number of H-pyrrole nitrogens is 1. The van der Waals surface area contributed by atoms with Crippen LogP contribution in [0.4, 0.5) is 0 Å². The van der Waals surface area contributed by atoms with E-state index >= 15 is 0 Å². The van der Waals surface area contributed by atoms with E-state index in [4.69, 9.17) is 4.52 Å². The van der Waals surface area contributed by atoms with Crippen LogP contribution < -0.4 is 20.7 Å². The number of guanidine groups is 1. The van der Waals surface area contributed by atoms with E-state index in [-0.39, 0.29) is 21.9 Å². The number of amides is 1. The van der Waals surface area contributed by atoms with Crippen LogP contribution in [0.5, 0.6) is 0 Å². The number of hydrogen-bond donors (Lipinski definition) is 6. The minimum atomic E-state index is -4.24. The van der Waals surface area contributed by atoms with Gasteiger partial charge < -0.3 is 25.6 Å². The summed E-state index contributed by atoms with van der Waals surface area (Å²) < 4.78 is 32.3. The summed E-state index contributed by atoms with van der Waals surface area (Å²) in [6, 6.07) is 3.38. The number of hydrogen-bond acceptors (Lipinski definition) is 10. The Labute approximate surface area is 212 Å². The first-order valence-electron chi connectivity index (χ1n) is 11.6. The Hall–Kier alpha value is -3.98.